The molecule has 0 spiro atoms. The van der Waals surface area contributed by atoms with E-state index in [1.54, 1.807) is 0 Å². The van der Waals surface area contributed by atoms with Gasteiger partial charge in [0.15, 0.2) is 0 Å². The summed E-state index contributed by atoms with van der Waals surface area (Å²) in [6.45, 7) is 0. The molecule has 1 aromatic rings. The molecule has 0 fully saturated rings. The minimum absolute atomic E-state index is 0.151. The largest absolute Gasteiger partial charge is 0.478 e. The van der Waals surface area contributed by atoms with Crippen molar-refractivity contribution in [1.29, 1.82) is 0 Å². The molecule has 86 valence electrons. The Morgan fingerprint density at radius 1 is 1.38 bits per heavy atom. The molecule has 0 aliphatic heterocycles. The van der Waals surface area contributed by atoms with Crippen LogP contribution in [0.1, 0.15) is 11.1 Å². The summed E-state index contributed by atoms with van der Waals surface area (Å²) in [6.07, 6.45) is -2.86. The molecule has 0 aliphatic carbocycles. The summed E-state index contributed by atoms with van der Waals surface area (Å²) in [6, 6.07) is 3.54. The van der Waals surface area contributed by atoms with E-state index in [9.17, 15) is 18.0 Å². The monoisotopic (exact) mass is 342 g/mol. The van der Waals surface area contributed by atoms with Crippen molar-refractivity contribution in [2.24, 2.45) is 0 Å². The molecule has 0 saturated carbocycles. The quantitative estimate of drug-likeness (QED) is 0.661. The van der Waals surface area contributed by atoms with Crippen LogP contribution in [0.25, 0.3) is 6.08 Å². The molecule has 0 aliphatic rings. The predicted octanol–water partition coefficient (Wildman–Crippen LogP) is 3.41. The van der Waals surface area contributed by atoms with E-state index < -0.39 is 17.7 Å². The van der Waals surface area contributed by atoms with E-state index in [0.29, 0.717) is 9.65 Å². The van der Waals surface area contributed by atoms with Gasteiger partial charge in [-0.3, -0.25) is 0 Å². The Morgan fingerprint density at radius 2 is 2.00 bits per heavy atom. The number of benzene rings is 1. The fraction of sp³-hybridized carbons (Fsp3) is 0.100. The van der Waals surface area contributed by atoms with Crippen LogP contribution >= 0.6 is 22.6 Å². The van der Waals surface area contributed by atoms with Crippen LogP contribution in [0.15, 0.2) is 24.3 Å². The maximum atomic E-state index is 12.5. The van der Waals surface area contributed by atoms with Gasteiger partial charge in [-0.2, -0.15) is 13.2 Å². The minimum Gasteiger partial charge on any atom is -0.478 e. The number of carboxylic acid groups (broad SMARTS) is 1. The van der Waals surface area contributed by atoms with Crippen LogP contribution in [-0.2, 0) is 11.0 Å². The molecule has 0 aromatic heterocycles. The smallest absolute Gasteiger partial charge is 0.416 e. The molecular formula is C10H6F3IO2. The summed E-state index contributed by atoms with van der Waals surface area (Å²) in [5, 5.41) is 8.37. The van der Waals surface area contributed by atoms with Crippen LogP contribution in [0.3, 0.4) is 0 Å². The minimum atomic E-state index is -4.48. The number of rotatable bonds is 2. The maximum Gasteiger partial charge on any atom is 0.416 e. The predicted molar refractivity (Wildman–Crippen MR) is 60.8 cm³/mol. The first-order valence-corrected chi connectivity index (χ1v) is 5.16. The molecule has 0 radical (unpaired) electrons. The summed E-state index contributed by atoms with van der Waals surface area (Å²) in [4.78, 5) is 10.2. The Hall–Kier alpha value is -1.05. The number of hydrogen-bond donors (Lipinski definition) is 1. The van der Waals surface area contributed by atoms with Crippen molar-refractivity contribution in [3.63, 3.8) is 0 Å². The van der Waals surface area contributed by atoms with Crippen LogP contribution in [-0.4, -0.2) is 11.1 Å². The highest BCUT2D eigenvalue weighted by atomic mass is 127. The number of hydrogen-bond acceptors (Lipinski definition) is 1. The van der Waals surface area contributed by atoms with Crippen LogP contribution < -0.4 is 0 Å². The van der Waals surface area contributed by atoms with Gasteiger partial charge in [0.2, 0.25) is 0 Å². The van der Waals surface area contributed by atoms with E-state index in [4.69, 9.17) is 5.11 Å². The Bertz CT molecular complexity index is 438. The van der Waals surface area contributed by atoms with Crippen molar-refractivity contribution in [3.05, 3.63) is 39.0 Å². The molecule has 2 nitrogen and oxygen atoms in total. The molecule has 6 heteroatoms. The lowest BCUT2D eigenvalue weighted by Crippen LogP contribution is -2.07. The standard InChI is InChI=1S/C10H6F3IO2/c11-10(12,13)8-3-2-7(14)5-6(8)1-4-9(15)16/h1-5H,(H,15,16)/b4-1+. The first-order valence-electron chi connectivity index (χ1n) is 4.08. The van der Waals surface area contributed by atoms with E-state index in [-0.39, 0.29) is 5.56 Å². The van der Waals surface area contributed by atoms with Gasteiger partial charge in [0, 0.05) is 9.65 Å². The van der Waals surface area contributed by atoms with Gasteiger partial charge < -0.3 is 5.11 Å². The highest BCUT2D eigenvalue weighted by Crippen LogP contribution is 2.33. The fourth-order valence-electron chi connectivity index (χ4n) is 1.09. The zero-order chi connectivity index (χ0) is 12.3. The van der Waals surface area contributed by atoms with Gasteiger partial charge in [0.25, 0.3) is 0 Å². The van der Waals surface area contributed by atoms with Crippen molar-refractivity contribution in [2.45, 2.75) is 6.18 Å². The zero-order valence-corrected chi connectivity index (χ0v) is 9.91. The molecule has 0 heterocycles. The molecule has 1 rings (SSSR count). The van der Waals surface area contributed by atoms with Crippen LogP contribution in [0.4, 0.5) is 13.2 Å². The van der Waals surface area contributed by atoms with Gasteiger partial charge >= 0.3 is 12.1 Å². The van der Waals surface area contributed by atoms with E-state index in [2.05, 4.69) is 0 Å². The molecule has 0 amide bonds. The highest BCUT2D eigenvalue weighted by Gasteiger charge is 2.32. The van der Waals surface area contributed by atoms with Crippen LogP contribution in [0.2, 0.25) is 0 Å². The van der Waals surface area contributed by atoms with Gasteiger partial charge in [0.1, 0.15) is 0 Å². The summed E-state index contributed by atoms with van der Waals surface area (Å²) < 4.78 is 38.2. The molecule has 0 unspecified atom stereocenters. The van der Waals surface area contributed by atoms with Crippen LogP contribution in [0.5, 0.6) is 0 Å². The Labute approximate surface area is 103 Å². The van der Waals surface area contributed by atoms with Crippen molar-refractivity contribution in [1.82, 2.24) is 0 Å². The molecule has 0 atom stereocenters. The number of carbonyl (C=O) groups is 1. The highest BCUT2D eigenvalue weighted by molar-refractivity contribution is 14.1. The third kappa shape index (κ3) is 3.51. The van der Waals surface area contributed by atoms with Crippen LogP contribution in [0, 0.1) is 3.57 Å². The van der Waals surface area contributed by atoms with E-state index >= 15 is 0 Å². The zero-order valence-electron chi connectivity index (χ0n) is 7.75. The summed E-state index contributed by atoms with van der Waals surface area (Å²) >= 11 is 1.86. The second-order valence-corrected chi connectivity index (χ2v) is 4.15. The third-order valence-electron chi connectivity index (χ3n) is 1.72. The van der Waals surface area contributed by atoms with E-state index in [1.165, 1.54) is 12.1 Å². The second-order valence-electron chi connectivity index (χ2n) is 2.90. The SMILES string of the molecule is O=C(O)/C=C/c1cc(I)ccc1C(F)(F)F. The normalized spacial score (nSPS) is 12.0. The number of aliphatic carboxylic acids is 1. The van der Waals surface area contributed by atoms with Gasteiger partial charge in [-0.25, -0.2) is 4.79 Å². The average Bonchev–Trinajstić information content (AvgIpc) is 2.12. The van der Waals surface area contributed by atoms with Gasteiger partial charge in [-0.15, -0.1) is 0 Å². The molecule has 1 aromatic carbocycles. The van der Waals surface area contributed by atoms with Crippen molar-refractivity contribution in [3.8, 4) is 0 Å². The average molecular weight is 342 g/mol. The lowest BCUT2D eigenvalue weighted by molar-refractivity contribution is -0.138. The fourth-order valence-corrected chi connectivity index (χ4v) is 1.61. The van der Waals surface area contributed by atoms with Crippen molar-refractivity contribution < 1.29 is 23.1 Å². The lowest BCUT2D eigenvalue weighted by atomic mass is 10.1. The number of halogens is 4. The number of alkyl halides is 3. The molecular weight excluding hydrogens is 336 g/mol. The van der Waals surface area contributed by atoms with Gasteiger partial charge in [-0.05, 0) is 52.4 Å². The summed E-state index contributed by atoms with van der Waals surface area (Å²) in [7, 11) is 0. The maximum absolute atomic E-state index is 12.5. The van der Waals surface area contributed by atoms with Gasteiger partial charge in [0.05, 0.1) is 5.56 Å². The lowest BCUT2D eigenvalue weighted by Gasteiger charge is -2.10. The Kier molecular flexibility index (Phi) is 3.95. The number of carboxylic acids is 1. The molecule has 0 bridgehead atoms. The van der Waals surface area contributed by atoms with Crippen molar-refractivity contribution >= 4 is 34.6 Å². The Morgan fingerprint density at radius 3 is 2.50 bits per heavy atom. The first-order chi connectivity index (χ1) is 7.30. The van der Waals surface area contributed by atoms with Crippen molar-refractivity contribution in [2.75, 3.05) is 0 Å². The molecule has 0 saturated heterocycles. The Balaban J connectivity index is 3.24. The summed E-state index contributed by atoms with van der Waals surface area (Å²) in [5.74, 6) is -1.29. The summed E-state index contributed by atoms with van der Waals surface area (Å²) in [5.41, 5.74) is -0.993. The topological polar surface area (TPSA) is 37.3 Å². The molecule has 1 N–H and O–H groups in total. The first kappa shape index (κ1) is 13.0. The third-order valence-corrected chi connectivity index (χ3v) is 2.40. The van der Waals surface area contributed by atoms with Gasteiger partial charge in [-0.1, -0.05) is 0 Å². The second kappa shape index (κ2) is 4.86. The van der Waals surface area contributed by atoms with E-state index in [0.717, 1.165) is 12.1 Å². The van der Waals surface area contributed by atoms with E-state index in [1.807, 2.05) is 22.6 Å². The molecule has 16 heavy (non-hydrogen) atoms.